The number of hydrogen-bond donors (Lipinski definition) is 0. The van der Waals surface area contributed by atoms with Gasteiger partial charge in [0, 0.05) is 19.3 Å². The number of rotatable bonds is 5. The van der Waals surface area contributed by atoms with E-state index in [1.165, 1.54) is 4.90 Å². The zero-order valence-electron chi connectivity index (χ0n) is 14.8. The van der Waals surface area contributed by atoms with Gasteiger partial charge in [0.15, 0.2) is 0 Å². The number of carbonyl (C=O) groups excluding carboxylic acids is 2. The molecule has 1 saturated heterocycles. The van der Waals surface area contributed by atoms with E-state index in [1.54, 1.807) is 30.3 Å². The third kappa shape index (κ3) is 3.46. The Balaban J connectivity index is 1.77. The quantitative estimate of drug-likeness (QED) is 0.820. The summed E-state index contributed by atoms with van der Waals surface area (Å²) < 4.78 is 10.8. The number of anilines is 1. The van der Waals surface area contributed by atoms with Gasteiger partial charge in [-0.25, -0.2) is 4.98 Å². The number of aromatic nitrogens is 1. The first-order valence-corrected chi connectivity index (χ1v) is 8.46. The molecule has 0 N–H and O–H groups in total. The zero-order valence-corrected chi connectivity index (χ0v) is 14.8. The van der Waals surface area contributed by atoms with Crippen molar-refractivity contribution in [3.63, 3.8) is 0 Å². The van der Waals surface area contributed by atoms with Gasteiger partial charge in [-0.3, -0.25) is 9.59 Å². The van der Waals surface area contributed by atoms with Crippen LogP contribution in [0.4, 0.5) is 5.69 Å². The first kappa shape index (κ1) is 17.7. The average molecular weight is 355 g/mol. The molecule has 0 radical (unpaired) electrons. The van der Waals surface area contributed by atoms with Crippen LogP contribution in [0.25, 0.3) is 0 Å². The van der Waals surface area contributed by atoms with Gasteiger partial charge >= 0.3 is 0 Å². The number of methoxy groups -OCH3 is 1. The molecule has 1 fully saturated rings. The molecular weight excluding hydrogens is 334 g/mol. The van der Waals surface area contributed by atoms with Crippen LogP contribution in [0.15, 0.2) is 42.6 Å². The highest BCUT2D eigenvalue weighted by atomic mass is 16.5. The molecule has 7 nitrogen and oxygen atoms in total. The number of carbonyl (C=O) groups is 2. The zero-order chi connectivity index (χ0) is 18.5. The van der Waals surface area contributed by atoms with Crippen LogP contribution >= 0.6 is 0 Å². The largest absolute Gasteiger partial charge is 0.495 e. The lowest BCUT2D eigenvalue weighted by Gasteiger charge is -2.35. The smallest absolute Gasteiger partial charge is 0.259 e. The molecule has 0 bridgehead atoms. The second-order valence-corrected chi connectivity index (χ2v) is 5.73. The Morgan fingerprint density at radius 1 is 1.19 bits per heavy atom. The monoisotopic (exact) mass is 355 g/mol. The Kier molecular flexibility index (Phi) is 5.36. The highest BCUT2D eigenvalue weighted by Crippen LogP contribution is 2.29. The van der Waals surface area contributed by atoms with Gasteiger partial charge in [0.25, 0.3) is 5.91 Å². The number of hydrogen-bond acceptors (Lipinski definition) is 5. The topological polar surface area (TPSA) is 72.0 Å². The van der Waals surface area contributed by atoms with Crippen molar-refractivity contribution in [1.82, 2.24) is 9.88 Å². The first-order valence-electron chi connectivity index (χ1n) is 8.46. The lowest BCUT2D eigenvalue weighted by Crippen LogP contribution is -2.52. The van der Waals surface area contributed by atoms with Gasteiger partial charge in [-0.15, -0.1) is 0 Å². The maximum Gasteiger partial charge on any atom is 0.259 e. The van der Waals surface area contributed by atoms with Gasteiger partial charge in [-0.2, -0.15) is 0 Å². The molecule has 2 aromatic rings. The summed E-state index contributed by atoms with van der Waals surface area (Å²) in [5.74, 6) is 0.511. The first-order chi connectivity index (χ1) is 12.7. The van der Waals surface area contributed by atoms with Crippen molar-refractivity contribution in [3.05, 3.63) is 48.2 Å². The second kappa shape index (κ2) is 7.86. The summed E-state index contributed by atoms with van der Waals surface area (Å²) in [6.07, 6.45) is 1.58. The molecule has 2 heterocycles. The minimum Gasteiger partial charge on any atom is -0.495 e. The fourth-order valence-electron chi connectivity index (χ4n) is 2.93. The van der Waals surface area contributed by atoms with Crippen LogP contribution < -0.4 is 14.4 Å². The van der Waals surface area contributed by atoms with Crippen molar-refractivity contribution in [2.75, 3.05) is 38.3 Å². The average Bonchev–Trinajstić information content (AvgIpc) is 2.68. The number of amides is 2. The van der Waals surface area contributed by atoms with Crippen LogP contribution in [0, 0.1) is 0 Å². The summed E-state index contributed by atoms with van der Waals surface area (Å²) in [6.45, 7) is 3.06. The molecular formula is C19H21N3O4. The van der Waals surface area contributed by atoms with Crippen LogP contribution in [0.5, 0.6) is 11.6 Å². The highest BCUT2D eigenvalue weighted by Gasteiger charge is 2.31. The molecule has 1 aliphatic heterocycles. The SMILES string of the molecule is CCOc1ncccc1C(=O)N1CCN(c2ccccc2OC)C(=O)C1. The summed E-state index contributed by atoms with van der Waals surface area (Å²) in [4.78, 5) is 32.7. The molecule has 0 spiro atoms. The molecule has 0 atom stereocenters. The molecule has 0 aliphatic carbocycles. The van der Waals surface area contributed by atoms with Gasteiger partial charge in [0.2, 0.25) is 11.8 Å². The van der Waals surface area contributed by atoms with E-state index in [0.717, 1.165) is 0 Å². The maximum atomic E-state index is 12.8. The molecule has 26 heavy (non-hydrogen) atoms. The lowest BCUT2D eigenvalue weighted by molar-refractivity contribution is -0.120. The molecule has 1 aromatic heterocycles. The standard InChI is InChI=1S/C19H21N3O4/c1-3-26-18-14(7-6-10-20-18)19(24)21-11-12-22(17(23)13-21)15-8-4-5-9-16(15)25-2/h4-10H,3,11-13H2,1-2H3. The molecule has 0 unspecified atom stereocenters. The Bertz CT molecular complexity index is 809. The summed E-state index contributed by atoms with van der Waals surface area (Å²) in [6, 6.07) is 10.7. The van der Waals surface area contributed by atoms with Crippen LogP contribution in [0.1, 0.15) is 17.3 Å². The fraction of sp³-hybridized carbons (Fsp3) is 0.316. The number of nitrogens with zero attached hydrogens (tertiary/aromatic N) is 3. The van der Waals surface area contributed by atoms with Crippen LogP contribution in [-0.2, 0) is 4.79 Å². The van der Waals surface area contributed by atoms with E-state index in [-0.39, 0.29) is 18.4 Å². The number of pyridine rings is 1. The molecule has 136 valence electrons. The molecule has 2 amide bonds. The molecule has 7 heteroatoms. The van der Waals surface area contributed by atoms with Crippen molar-refractivity contribution >= 4 is 17.5 Å². The van der Waals surface area contributed by atoms with Crippen molar-refractivity contribution in [1.29, 1.82) is 0 Å². The molecule has 1 aliphatic rings. The molecule has 0 saturated carbocycles. The van der Waals surface area contributed by atoms with Crippen LogP contribution in [0.3, 0.4) is 0 Å². The number of ether oxygens (including phenoxy) is 2. The van der Waals surface area contributed by atoms with E-state index in [1.807, 2.05) is 31.2 Å². The Morgan fingerprint density at radius 2 is 2.00 bits per heavy atom. The summed E-state index contributed by atoms with van der Waals surface area (Å²) in [7, 11) is 1.57. The van der Waals surface area contributed by atoms with Gasteiger partial charge in [0.1, 0.15) is 17.9 Å². The van der Waals surface area contributed by atoms with E-state index in [4.69, 9.17) is 9.47 Å². The predicted molar refractivity (Wildman–Crippen MR) is 96.7 cm³/mol. The lowest BCUT2D eigenvalue weighted by atomic mass is 10.2. The van der Waals surface area contributed by atoms with E-state index in [2.05, 4.69) is 4.98 Å². The second-order valence-electron chi connectivity index (χ2n) is 5.73. The minimum atomic E-state index is -0.255. The predicted octanol–water partition coefficient (Wildman–Crippen LogP) is 1.98. The highest BCUT2D eigenvalue weighted by molar-refractivity contribution is 6.03. The van der Waals surface area contributed by atoms with E-state index < -0.39 is 0 Å². The van der Waals surface area contributed by atoms with Crippen LogP contribution in [-0.4, -0.2) is 55.0 Å². The third-order valence-corrected chi connectivity index (χ3v) is 4.17. The molecule has 1 aromatic carbocycles. The number of para-hydroxylation sites is 2. The van der Waals surface area contributed by atoms with E-state index in [0.29, 0.717) is 42.6 Å². The van der Waals surface area contributed by atoms with Crippen molar-refractivity contribution in [2.45, 2.75) is 6.92 Å². The van der Waals surface area contributed by atoms with Gasteiger partial charge < -0.3 is 19.3 Å². The Hall–Kier alpha value is -3.09. The van der Waals surface area contributed by atoms with Gasteiger partial charge in [0.05, 0.1) is 19.4 Å². The van der Waals surface area contributed by atoms with E-state index >= 15 is 0 Å². The minimum absolute atomic E-state index is 0.00264. The third-order valence-electron chi connectivity index (χ3n) is 4.17. The van der Waals surface area contributed by atoms with Crippen molar-refractivity contribution in [2.24, 2.45) is 0 Å². The van der Waals surface area contributed by atoms with E-state index in [9.17, 15) is 9.59 Å². The van der Waals surface area contributed by atoms with Gasteiger partial charge in [-0.05, 0) is 31.2 Å². The summed E-state index contributed by atoms with van der Waals surface area (Å²) in [5, 5.41) is 0. The van der Waals surface area contributed by atoms with Crippen molar-refractivity contribution in [3.8, 4) is 11.6 Å². The summed E-state index contributed by atoms with van der Waals surface area (Å²) >= 11 is 0. The number of piperazine rings is 1. The van der Waals surface area contributed by atoms with Crippen molar-refractivity contribution < 1.29 is 19.1 Å². The summed E-state index contributed by atoms with van der Waals surface area (Å²) in [5.41, 5.74) is 1.08. The molecule has 3 rings (SSSR count). The Morgan fingerprint density at radius 3 is 2.73 bits per heavy atom. The van der Waals surface area contributed by atoms with Crippen LogP contribution in [0.2, 0.25) is 0 Å². The fourth-order valence-corrected chi connectivity index (χ4v) is 2.93. The number of benzene rings is 1. The Labute approximate surface area is 152 Å². The normalized spacial score (nSPS) is 14.3. The maximum absolute atomic E-state index is 12.8. The van der Waals surface area contributed by atoms with Gasteiger partial charge in [-0.1, -0.05) is 12.1 Å².